The van der Waals surface area contributed by atoms with E-state index in [9.17, 15) is 14.3 Å². The van der Waals surface area contributed by atoms with Crippen LogP contribution in [0.4, 0.5) is 9.18 Å². The zero-order valence-corrected chi connectivity index (χ0v) is 12.8. The number of hydrogen-bond acceptors (Lipinski definition) is 4. The summed E-state index contributed by atoms with van der Waals surface area (Å²) in [6, 6.07) is 3.01. The fraction of sp³-hybridized carbons (Fsp3) is 0.429. The number of ether oxygens (including phenoxy) is 1. The van der Waals surface area contributed by atoms with E-state index < -0.39 is 17.8 Å². The molecular weight excluding hydrogens is 299 g/mol. The highest BCUT2D eigenvalue weighted by Crippen LogP contribution is 2.20. The largest absolute Gasteiger partial charge is 0.444 e. The highest BCUT2D eigenvalue weighted by molar-refractivity contribution is 6.30. The molecule has 0 aliphatic rings. The fourth-order valence-corrected chi connectivity index (χ4v) is 1.53. The number of aliphatic hydroxyl groups is 1. The highest BCUT2D eigenvalue weighted by atomic mass is 35.5. The molecule has 1 atom stereocenters. The second kappa shape index (κ2) is 7.38. The predicted molar refractivity (Wildman–Crippen MR) is 77.6 cm³/mol. The van der Waals surface area contributed by atoms with Gasteiger partial charge in [0.2, 0.25) is 0 Å². The van der Waals surface area contributed by atoms with E-state index in [1.54, 1.807) is 20.8 Å². The number of nitrogens with zero attached hydrogens (tertiary/aromatic N) is 1. The number of carbonyl (C=O) groups excluding carboxylic acids is 1. The zero-order valence-electron chi connectivity index (χ0n) is 12.1. The van der Waals surface area contributed by atoms with Gasteiger partial charge >= 0.3 is 6.09 Å². The first-order valence-corrected chi connectivity index (χ1v) is 6.66. The lowest BCUT2D eigenvalue weighted by molar-refractivity contribution is 0.0529. The molecule has 0 aliphatic heterocycles. The van der Waals surface area contributed by atoms with Crippen molar-refractivity contribution in [3.05, 3.63) is 40.9 Å². The smallest absolute Gasteiger partial charge is 0.407 e. The van der Waals surface area contributed by atoms with Gasteiger partial charge in [-0.1, -0.05) is 11.6 Å². The van der Waals surface area contributed by atoms with Crippen LogP contribution in [0, 0.1) is 0 Å². The third kappa shape index (κ3) is 6.10. The van der Waals surface area contributed by atoms with Crippen LogP contribution in [0.2, 0.25) is 5.02 Å². The number of hydrogen-bond donors (Lipinski definition) is 2. The summed E-state index contributed by atoms with van der Waals surface area (Å²) in [4.78, 5) is 15.4. The van der Waals surface area contributed by atoms with Crippen LogP contribution in [-0.2, 0) is 4.74 Å². The topological polar surface area (TPSA) is 71.5 Å². The third-order valence-electron chi connectivity index (χ3n) is 2.36. The van der Waals surface area contributed by atoms with Crippen molar-refractivity contribution >= 4 is 17.7 Å². The first-order valence-electron chi connectivity index (χ1n) is 6.28. The van der Waals surface area contributed by atoms with E-state index in [4.69, 9.17) is 16.3 Å². The van der Waals surface area contributed by atoms with Crippen LogP contribution in [-0.4, -0.2) is 28.3 Å². The molecule has 0 spiro atoms. The number of aliphatic hydroxyl groups excluding tert-OH is 1. The molecule has 0 fully saturated rings. The maximum atomic E-state index is 12.9. The van der Waals surface area contributed by atoms with Crippen LogP contribution in [0.15, 0.2) is 30.2 Å². The average Bonchev–Trinajstić information content (AvgIpc) is 2.38. The van der Waals surface area contributed by atoms with E-state index >= 15 is 0 Å². The number of nitrogens with one attached hydrogen (secondary N) is 1. The van der Waals surface area contributed by atoms with E-state index in [1.165, 1.54) is 18.3 Å². The molecule has 1 aromatic heterocycles. The average molecular weight is 317 g/mol. The molecule has 0 saturated heterocycles. The molecule has 21 heavy (non-hydrogen) atoms. The molecule has 0 bridgehead atoms. The summed E-state index contributed by atoms with van der Waals surface area (Å²) in [6.45, 7) is 4.94. The minimum absolute atomic E-state index is 0.0457. The van der Waals surface area contributed by atoms with Crippen molar-refractivity contribution in [1.29, 1.82) is 0 Å². The van der Waals surface area contributed by atoms with Crippen LogP contribution in [0.1, 0.15) is 32.6 Å². The molecule has 0 saturated carbocycles. The molecule has 1 amide bonds. The Labute approximate surface area is 127 Å². The number of pyridine rings is 1. The minimum atomic E-state index is -1.28. The van der Waals surface area contributed by atoms with Gasteiger partial charge < -0.3 is 15.2 Å². The lowest BCUT2D eigenvalue weighted by atomic mass is 10.1. The van der Waals surface area contributed by atoms with Crippen molar-refractivity contribution in [3.63, 3.8) is 0 Å². The van der Waals surface area contributed by atoms with Gasteiger partial charge in [-0.05, 0) is 32.9 Å². The lowest BCUT2D eigenvalue weighted by Crippen LogP contribution is -2.34. The summed E-state index contributed by atoms with van der Waals surface area (Å²) < 4.78 is 17.9. The van der Waals surface area contributed by atoms with Crippen molar-refractivity contribution in [2.24, 2.45) is 0 Å². The van der Waals surface area contributed by atoms with Gasteiger partial charge in [-0.15, -0.1) is 0 Å². The normalized spacial score (nSPS) is 13.7. The standard InChI is InChI=1S/C14H18ClFN2O3/c1-14(2,3)21-13(20)18-7-9(6-16)12(19)11-5-4-10(15)8-17-11/h4-6,8,12,19H,7H2,1-3H3,(H,18,20)/b9-6-. The van der Waals surface area contributed by atoms with E-state index in [2.05, 4.69) is 10.3 Å². The lowest BCUT2D eigenvalue weighted by Gasteiger charge is -2.20. The summed E-state index contributed by atoms with van der Waals surface area (Å²) in [7, 11) is 0. The zero-order chi connectivity index (χ0) is 16.0. The quantitative estimate of drug-likeness (QED) is 0.895. The van der Waals surface area contributed by atoms with Crippen LogP contribution in [0.5, 0.6) is 0 Å². The van der Waals surface area contributed by atoms with E-state index in [0.717, 1.165) is 0 Å². The van der Waals surface area contributed by atoms with Gasteiger partial charge in [0.25, 0.3) is 0 Å². The highest BCUT2D eigenvalue weighted by Gasteiger charge is 2.19. The Hall–Kier alpha value is -1.66. The SMILES string of the molecule is CC(C)(C)OC(=O)NC/C(=C/F)C(O)c1ccc(Cl)cn1. The molecule has 7 heteroatoms. The molecule has 116 valence electrons. The van der Waals surface area contributed by atoms with Gasteiger partial charge in [0.1, 0.15) is 11.7 Å². The molecule has 0 aliphatic carbocycles. The summed E-state index contributed by atoms with van der Waals surface area (Å²) in [5.41, 5.74) is -0.468. The fourth-order valence-electron chi connectivity index (χ4n) is 1.42. The number of rotatable bonds is 4. The predicted octanol–water partition coefficient (Wildman–Crippen LogP) is 3.15. The van der Waals surface area contributed by atoms with Crippen molar-refractivity contribution < 1.29 is 19.0 Å². The Morgan fingerprint density at radius 2 is 2.24 bits per heavy atom. The maximum Gasteiger partial charge on any atom is 0.407 e. The second-order valence-electron chi connectivity index (χ2n) is 5.34. The summed E-state index contributed by atoms with van der Waals surface area (Å²) in [5, 5.41) is 12.8. The van der Waals surface area contributed by atoms with Gasteiger partial charge in [-0.2, -0.15) is 0 Å². The first kappa shape index (κ1) is 17.4. The van der Waals surface area contributed by atoms with E-state index in [-0.39, 0.29) is 24.1 Å². The first-order chi connectivity index (χ1) is 9.73. The van der Waals surface area contributed by atoms with Crippen LogP contribution < -0.4 is 5.32 Å². The molecule has 2 N–H and O–H groups in total. The van der Waals surface area contributed by atoms with Crippen LogP contribution in [0.3, 0.4) is 0 Å². The van der Waals surface area contributed by atoms with Gasteiger partial charge in [0, 0.05) is 18.3 Å². The number of alkyl carbamates (subject to hydrolysis) is 1. The van der Waals surface area contributed by atoms with Gasteiger partial charge in [0.05, 0.1) is 17.0 Å². The van der Waals surface area contributed by atoms with Gasteiger partial charge in [-0.25, -0.2) is 9.18 Å². The van der Waals surface area contributed by atoms with Crippen molar-refractivity contribution in [1.82, 2.24) is 10.3 Å². The third-order valence-corrected chi connectivity index (χ3v) is 2.58. The summed E-state index contributed by atoms with van der Waals surface area (Å²) in [6.07, 6.45) is -0.393. The molecular formula is C14H18ClFN2O3. The summed E-state index contributed by atoms with van der Waals surface area (Å²) in [5.74, 6) is 0. The van der Waals surface area contributed by atoms with Crippen molar-refractivity contribution in [3.8, 4) is 0 Å². The van der Waals surface area contributed by atoms with E-state index in [0.29, 0.717) is 5.02 Å². The monoisotopic (exact) mass is 316 g/mol. The molecule has 1 rings (SSSR count). The number of aromatic nitrogens is 1. The molecule has 1 aromatic rings. The molecule has 1 unspecified atom stereocenters. The van der Waals surface area contributed by atoms with Crippen LogP contribution >= 0.6 is 11.6 Å². The Balaban J connectivity index is 2.63. The van der Waals surface area contributed by atoms with Gasteiger partial charge in [0.15, 0.2) is 0 Å². The molecule has 0 aromatic carbocycles. The minimum Gasteiger partial charge on any atom is -0.444 e. The molecule has 5 nitrogen and oxygen atoms in total. The van der Waals surface area contributed by atoms with E-state index in [1.807, 2.05) is 0 Å². The Bertz CT molecular complexity index is 512. The number of amides is 1. The summed E-state index contributed by atoms with van der Waals surface area (Å²) >= 11 is 5.69. The maximum absolute atomic E-state index is 12.9. The van der Waals surface area contributed by atoms with Crippen molar-refractivity contribution in [2.75, 3.05) is 6.54 Å². The van der Waals surface area contributed by atoms with Gasteiger partial charge in [-0.3, -0.25) is 4.98 Å². The second-order valence-corrected chi connectivity index (χ2v) is 5.78. The Morgan fingerprint density at radius 3 is 2.71 bits per heavy atom. The van der Waals surface area contributed by atoms with Crippen molar-refractivity contribution in [2.45, 2.75) is 32.5 Å². The Kier molecular flexibility index (Phi) is 6.11. The number of carbonyl (C=O) groups is 1. The Morgan fingerprint density at radius 1 is 1.57 bits per heavy atom. The van der Waals surface area contributed by atoms with Crippen LogP contribution in [0.25, 0.3) is 0 Å². The number of halogens is 2. The molecule has 0 radical (unpaired) electrons. The molecule has 1 heterocycles.